The molecule has 0 aliphatic rings. The predicted octanol–water partition coefficient (Wildman–Crippen LogP) is 2.94. The number of rotatable bonds is 5. The van der Waals surface area contributed by atoms with Gasteiger partial charge in [0.2, 0.25) is 0 Å². The van der Waals surface area contributed by atoms with Gasteiger partial charge in [-0.05, 0) is 25.5 Å². The Morgan fingerprint density at radius 1 is 1.25 bits per heavy atom. The molecule has 6 heteroatoms. The lowest BCUT2D eigenvalue weighted by molar-refractivity contribution is 0.809. The summed E-state index contributed by atoms with van der Waals surface area (Å²) >= 11 is 3.52. The van der Waals surface area contributed by atoms with Crippen LogP contribution in [0.25, 0.3) is 0 Å². The van der Waals surface area contributed by atoms with Crippen molar-refractivity contribution in [3.8, 4) is 0 Å². The molecule has 0 saturated heterocycles. The zero-order chi connectivity index (χ0) is 14.4. The number of aliphatic imine (C=N–C) groups is 1. The van der Waals surface area contributed by atoms with E-state index in [0.717, 1.165) is 29.6 Å². The number of hydrogen-bond acceptors (Lipinski definition) is 4. The molecule has 0 amide bonds. The van der Waals surface area contributed by atoms with Gasteiger partial charge in [-0.1, -0.05) is 6.92 Å². The summed E-state index contributed by atoms with van der Waals surface area (Å²) in [5.74, 6) is 0.810. The molecule has 0 aromatic carbocycles. The first-order chi connectivity index (χ1) is 9.71. The summed E-state index contributed by atoms with van der Waals surface area (Å²) < 4.78 is 0. The third-order valence-electron chi connectivity index (χ3n) is 2.79. The zero-order valence-corrected chi connectivity index (χ0v) is 13.7. The molecule has 0 unspecified atom stereocenters. The quantitative estimate of drug-likeness (QED) is 0.659. The van der Waals surface area contributed by atoms with E-state index >= 15 is 0 Å². The van der Waals surface area contributed by atoms with Crippen LogP contribution in [0.15, 0.2) is 22.5 Å². The van der Waals surface area contributed by atoms with Crippen LogP contribution in [0.5, 0.6) is 0 Å². The van der Waals surface area contributed by atoms with E-state index in [1.807, 2.05) is 18.3 Å². The van der Waals surface area contributed by atoms with Crippen molar-refractivity contribution in [1.29, 1.82) is 0 Å². The topological polar surface area (TPSA) is 49.3 Å². The molecule has 0 fully saturated rings. The number of aryl methyl sites for hydroxylation is 2. The molecular weight excluding hydrogens is 288 g/mol. The fraction of sp³-hybridized carbons (Fsp3) is 0.429. The van der Waals surface area contributed by atoms with Gasteiger partial charge in [-0.25, -0.2) is 4.98 Å². The lowest BCUT2D eigenvalue weighted by Crippen LogP contribution is -2.36. The van der Waals surface area contributed by atoms with Crippen LogP contribution in [-0.2, 0) is 19.5 Å². The number of thiazole rings is 1. The van der Waals surface area contributed by atoms with Crippen molar-refractivity contribution >= 4 is 28.6 Å². The third kappa shape index (κ3) is 4.31. The highest BCUT2D eigenvalue weighted by Crippen LogP contribution is 2.16. The molecular formula is C14H20N4S2. The summed E-state index contributed by atoms with van der Waals surface area (Å²) in [7, 11) is 1.79. The van der Waals surface area contributed by atoms with E-state index in [4.69, 9.17) is 0 Å². The first-order valence-corrected chi connectivity index (χ1v) is 8.34. The summed E-state index contributed by atoms with van der Waals surface area (Å²) in [4.78, 5) is 11.4. The lowest BCUT2D eigenvalue weighted by Gasteiger charge is -2.09. The molecule has 2 N–H and O–H groups in total. The van der Waals surface area contributed by atoms with Crippen molar-refractivity contribution in [2.75, 3.05) is 7.05 Å². The maximum absolute atomic E-state index is 4.42. The Labute approximate surface area is 128 Å². The highest BCUT2D eigenvalue weighted by atomic mass is 32.1. The SMILES string of the molecule is CCc1ccc(CNC(=NC)NCc2nc(C)cs2)s1. The van der Waals surface area contributed by atoms with Crippen LogP contribution >= 0.6 is 22.7 Å². The fourth-order valence-electron chi connectivity index (χ4n) is 1.74. The smallest absolute Gasteiger partial charge is 0.191 e. The number of thiophene rings is 1. The fourth-order valence-corrected chi connectivity index (χ4v) is 3.35. The van der Waals surface area contributed by atoms with Gasteiger partial charge in [0.05, 0.1) is 13.1 Å². The second kappa shape index (κ2) is 7.40. The Hall–Kier alpha value is -1.40. The van der Waals surface area contributed by atoms with E-state index in [0.29, 0.717) is 6.54 Å². The Balaban J connectivity index is 1.80. The Kier molecular flexibility index (Phi) is 5.55. The maximum Gasteiger partial charge on any atom is 0.191 e. The molecule has 0 saturated carbocycles. The normalized spacial score (nSPS) is 11.7. The molecule has 108 valence electrons. The van der Waals surface area contributed by atoms with Crippen LogP contribution in [0.2, 0.25) is 0 Å². The van der Waals surface area contributed by atoms with Gasteiger partial charge in [0, 0.05) is 27.9 Å². The number of guanidine groups is 1. The van der Waals surface area contributed by atoms with Crippen LogP contribution in [0, 0.1) is 6.92 Å². The van der Waals surface area contributed by atoms with E-state index in [1.54, 1.807) is 18.4 Å². The molecule has 0 aliphatic carbocycles. The Bertz CT molecular complexity index is 571. The molecule has 0 spiro atoms. The first kappa shape index (κ1) is 15.0. The Morgan fingerprint density at radius 2 is 2.00 bits per heavy atom. The van der Waals surface area contributed by atoms with Gasteiger partial charge in [0.25, 0.3) is 0 Å². The van der Waals surface area contributed by atoms with Crippen molar-refractivity contribution in [1.82, 2.24) is 15.6 Å². The highest BCUT2D eigenvalue weighted by molar-refractivity contribution is 7.12. The van der Waals surface area contributed by atoms with Crippen molar-refractivity contribution < 1.29 is 0 Å². The van der Waals surface area contributed by atoms with E-state index < -0.39 is 0 Å². The summed E-state index contributed by atoms with van der Waals surface area (Å²) in [6.07, 6.45) is 1.10. The minimum Gasteiger partial charge on any atom is -0.352 e. The lowest BCUT2D eigenvalue weighted by atomic mass is 10.4. The van der Waals surface area contributed by atoms with Crippen LogP contribution in [0.3, 0.4) is 0 Å². The molecule has 20 heavy (non-hydrogen) atoms. The minimum absolute atomic E-state index is 0.711. The Morgan fingerprint density at radius 3 is 2.60 bits per heavy atom. The number of nitrogens with zero attached hydrogens (tertiary/aromatic N) is 2. The van der Waals surface area contributed by atoms with Gasteiger partial charge in [-0.3, -0.25) is 4.99 Å². The molecule has 0 atom stereocenters. The van der Waals surface area contributed by atoms with Crippen molar-refractivity contribution in [3.63, 3.8) is 0 Å². The van der Waals surface area contributed by atoms with Crippen molar-refractivity contribution in [3.05, 3.63) is 38.0 Å². The van der Waals surface area contributed by atoms with E-state index in [9.17, 15) is 0 Å². The van der Waals surface area contributed by atoms with Crippen LogP contribution in [0.4, 0.5) is 0 Å². The van der Waals surface area contributed by atoms with Gasteiger partial charge >= 0.3 is 0 Å². The predicted molar refractivity (Wildman–Crippen MR) is 87.6 cm³/mol. The molecule has 0 aliphatic heterocycles. The molecule has 0 radical (unpaired) electrons. The standard InChI is InChI=1S/C14H20N4S2/c1-4-11-5-6-12(20-11)7-16-14(15-3)17-8-13-18-10(2)9-19-13/h5-6,9H,4,7-8H2,1-3H3,(H2,15,16,17). The van der Waals surface area contributed by atoms with Crippen molar-refractivity contribution in [2.24, 2.45) is 4.99 Å². The highest BCUT2D eigenvalue weighted by Gasteiger charge is 2.03. The summed E-state index contributed by atoms with van der Waals surface area (Å²) in [5.41, 5.74) is 1.07. The van der Waals surface area contributed by atoms with Gasteiger partial charge in [-0.2, -0.15) is 0 Å². The van der Waals surface area contributed by atoms with Gasteiger partial charge < -0.3 is 10.6 Å². The first-order valence-electron chi connectivity index (χ1n) is 6.64. The zero-order valence-electron chi connectivity index (χ0n) is 12.1. The largest absolute Gasteiger partial charge is 0.352 e. The molecule has 4 nitrogen and oxygen atoms in total. The minimum atomic E-state index is 0.711. The van der Waals surface area contributed by atoms with Gasteiger partial charge in [0.1, 0.15) is 5.01 Å². The molecule has 2 rings (SSSR count). The summed E-state index contributed by atoms with van der Waals surface area (Å²) in [6.45, 7) is 5.71. The molecule has 2 heterocycles. The van der Waals surface area contributed by atoms with Gasteiger partial charge in [-0.15, -0.1) is 22.7 Å². The summed E-state index contributed by atoms with van der Waals surface area (Å²) in [6, 6.07) is 4.37. The summed E-state index contributed by atoms with van der Waals surface area (Å²) in [5, 5.41) is 9.75. The van der Waals surface area contributed by atoms with Crippen LogP contribution < -0.4 is 10.6 Å². The third-order valence-corrected chi connectivity index (χ3v) is 4.99. The number of nitrogens with one attached hydrogen (secondary N) is 2. The van der Waals surface area contributed by atoms with Crippen LogP contribution in [-0.4, -0.2) is 18.0 Å². The monoisotopic (exact) mass is 308 g/mol. The van der Waals surface area contributed by atoms with E-state index in [1.165, 1.54) is 9.75 Å². The van der Waals surface area contributed by atoms with E-state index in [-0.39, 0.29) is 0 Å². The van der Waals surface area contributed by atoms with Gasteiger partial charge in [0.15, 0.2) is 5.96 Å². The second-order valence-corrected chi connectivity index (χ2v) is 6.58. The molecule has 2 aromatic heterocycles. The van der Waals surface area contributed by atoms with Crippen LogP contribution in [0.1, 0.15) is 27.4 Å². The average Bonchev–Trinajstić information content (AvgIpc) is 3.08. The number of hydrogen-bond donors (Lipinski definition) is 2. The maximum atomic E-state index is 4.42. The number of aromatic nitrogens is 1. The molecule has 2 aromatic rings. The van der Waals surface area contributed by atoms with E-state index in [2.05, 4.69) is 45.0 Å². The second-order valence-electron chi connectivity index (χ2n) is 4.38. The molecule has 0 bridgehead atoms. The average molecular weight is 308 g/mol. The van der Waals surface area contributed by atoms with Crippen molar-refractivity contribution in [2.45, 2.75) is 33.4 Å².